The van der Waals surface area contributed by atoms with Crippen LogP contribution in [0.1, 0.15) is 33.5 Å². The first-order valence-corrected chi connectivity index (χ1v) is 7.93. The van der Waals surface area contributed by atoms with Gasteiger partial charge in [0.2, 0.25) is 5.91 Å². The lowest BCUT2D eigenvalue weighted by Gasteiger charge is -2.37. The van der Waals surface area contributed by atoms with Crippen molar-refractivity contribution in [3.8, 4) is 0 Å². The Morgan fingerprint density at radius 3 is 2.43 bits per heavy atom. The van der Waals surface area contributed by atoms with Gasteiger partial charge in [-0.25, -0.2) is 4.98 Å². The van der Waals surface area contributed by atoms with E-state index in [0.29, 0.717) is 0 Å². The van der Waals surface area contributed by atoms with Crippen LogP contribution >= 0.6 is 0 Å². The summed E-state index contributed by atoms with van der Waals surface area (Å²) in [6.07, 6.45) is 4.90. The molecule has 5 heteroatoms. The predicted octanol–water partition coefficient (Wildman–Crippen LogP) is 1.64. The Morgan fingerprint density at radius 2 is 1.86 bits per heavy atom. The van der Waals surface area contributed by atoms with E-state index in [2.05, 4.69) is 27.6 Å². The zero-order valence-corrected chi connectivity index (χ0v) is 13.8. The second-order valence-electron chi connectivity index (χ2n) is 6.77. The van der Waals surface area contributed by atoms with Gasteiger partial charge in [0.1, 0.15) is 5.82 Å². The van der Waals surface area contributed by atoms with Crippen molar-refractivity contribution in [3.05, 3.63) is 18.2 Å². The molecule has 0 unspecified atom stereocenters. The van der Waals surface area contributed by atoms with E-state index in [1.165, 1.54) is 0 Å². The molecule has 0 aliphatic carbocycles. The fourth-order valence-corrected chi connectivity index (χ4v) is 2.76. The summed E-state index contributed by atoms with van der Waals surface area (Å²) in [5.41, 5.74) is -0.269. The molecule has 0 bridgehead atoms. The summed E-state index contributed by atoms with van der Waals surface area (Å²) < 4.78 is 2.23. The Balaban J connectivity index is 1.78. The standard InChI is InChI=1S/C16H28N4O/c1-5-14-17-6-7-19(14)11-8-18-9-12-20(13-10-18)15(21)16(2,3)4/h6-7H,5,8-13H2,1-4H3. The van der Waals surface area contributed by atoms with Gasteiger partial charge in [-0.1, -0.05) is 27.7 Å². The molecule has 1 amide bonds. The van der Waals surface area contributed by atoms with Crippen LogP contribution in [0.25, 0.3) is 0 Å². The quantitative estimate of drug-likeness (QED) is 0.847. The minimum Gasteiger partial charge on any atom is -0.340 e. The number of imidazole rings is 1. The average Bonchev–Trinajstić information content (AvgIpc) is 2.91. The Bertz CT molecular complexity index is 467. The molecular formula is C16H28N4O. The van der Waals surface area contributed by atoms with Crippen LogP contribution in [0.15, 0.2) is 12.4 Å². The van der Waals surface area contributed by atoms with Crippen LogP contribution in [0.4, 0.5) is 0 Å². The summed E-state index contributed by atoms with van der Waals surface area (Å²) in [6, 6.07) is 0. The van der Waals surface area contributed by atoms with Crippen molar-refractivity contribution in [1.29, 1.82) is 0 Å². The van der Waals surface area contributed by atoms with Gasteiger partial charge in [0, 0.05) is 63.5 Å². The van der Waals surface area contributed by atoms with Crippen LogP contribution in [-0.4, -0.2) is 58.0 Å². The monoisotopic (exact) mass is 292 g/mol. The van der Waals surface area contributed by atoms with E-state index in [1.54, 1.807) is 0 Å². The van der Waals surface area contributed by atoms with Crippen molar-refractivity contribution in [2.45, 2.75) is 40.7 Å². The third-order valence-electron chi connectivity index (χ3n) is 4.08. The molecule has 0 saturated carbocycles. The van der Waals surface area contributed by atoms with Gasteiger partial charge in [0.05, 0.1) is 0 Å². The van der Waals surface area contributed by atoms with Crippen molar-refractivity contribution in [1.82, 2.24) is 19.4 Å². The summed E-state index contributed by atoms with van der Waals surface area (Å²) >= 11 is 0. The zero-order valence-electron chi connectivity index (χ0n) is 13.8. The molecule has 21 heavy (non-hydrogen) atoms. The molecule has 0 spiro atoms. The van der Waals surface area contributed by atoms with Gasteiger partial charge < -0.3 is 9.47 Å². The lowest BCUT2D eigenvalue weighted by atomic mass is 9.94. The van der Waals surface area contributed by atoms with Crippen molar-refractivity contribution in [2.24, 2.45) is 5.41 Å². The molecule has 1 fully saturated rings. The number of carbonyl (C=O) groups is 1. The molecule has 5 nitrogen and oxygen atoms in total. The SMILES string of the molecule is CCc1nccn1CCN1CCN(C(=O)C(C)(C)C)CC1. The lowest BCUT2D eigenvalue weighted by molar-refractivity contribution is -0.141. The van der Waals surface area contributed by atoms with Crippen molar-refractivity contribution < 1.29 is 4.79 Å². The maximum absolute atomic E-state index is 12.2. The summed E-state index contributed by atoms with van der Waals surface area (Å²) in [7, 11) is 0. The lowest BCUT2D eigenvalue weighted by Crippen LogP contribution is -2.52. The van der Waals surface area contributed by atoms with E-state index in [0.717, 1.165) is 51.5 Å². The third kappa shape index (κ3) is 4.06. The Morgan fingerprint density at radius 1 is 1.19 bits per heavy atom. The first kappa shape index (κ1) is 16.0. The number of rotatable bonds is 4. The highest BCUT2D eigenvalue weighted by molar-refractivity contribution is 5.81. The van der Waals surface area contributed by atoms with Crippen LogP contribution in [0.2, 0.25) is 0 Å². The summed E-state index contributed by atoms with van der Waals surface area (Å²) in [4.78, 5) is 21.0. The number of carbonyl (C=O) groups excluding carboxylic acids is 1. The molecule has 1 saturated heterocycles. The van der Waals surface area contributed by atoms with Crippen molar-refractivity contribution in [2.75, 3.05) is 32.7 Å². The number of amides is 1. The van der Waals surface area contributed by atoms with Crippen molar-refractivity contribution in [3.63, 3.8) is 0 Å². The van der Waals surface area contributed by atoms with Gasteiger partial charge in [-0.15, -0.1) is 0 Å². The van der Waals surface area contributed by atoms with Crippen LogP contribution in [0.5, 0.6) is 0 Å². The molecular weight excluding hydrogens is 264 g/mol. The molecule has 2 rings (SSSR count). The van der Waals surface area contributed by atoms with Crippen LogP contribution in [0, 0.1) is 5.41 Å². The van der Waals surface area contributed by atoms with Crippen LogP contribution in [-0.2, 0) is 17.8 Å². The second-order valence-corrected chi connectivity index (χ2v) is 6.77. The second kappa shape index (κ2) is 6.60. The molecule has 118 valence electrons. The number of hydrogen-bond acceptors (Lipinski definition) is 3. The fraction of sp³-hybridized carbons (Fsp3) is 0.750. The van der Waals surface area contributed by atoms with E-state index in [-0.39, 0.29) is 11.3 Å². The van der Waals surface area contributed by atoms with E-state index in [4.69, 9.17) is 0 Å². The Labute approximate surface area is 127 Å². The van der Waals surface area contributed by atoms with Crippen molar-refractivity contribution >= 4 is 5.91 Å². The minimum atomic E-state index is -0.269. The van der Waals surface area contributed by atoms with Crippen LogP contribution in [0.3, 0.4) is 0 Å². The Hall–Kier alpha value is -1.36. The molecule has 0 radical (unpaired) electrons. The average molecular weight is 292 g/mol. The Kier molecular flexibility index (Phi) is 5.04. The highest BCUT2D eigenvalue weighted by Gasteiger charge is 2.29. The number of aromatic nitrogens is 2. The van der Waals surface area contributed by atoms with Gasteiger partial charge in [-0.05, 0) is 0 Å². The number of nitrogens with zero attached hydrogens (tertiary/aromatic N) is 4. The van der Waals surface area contributed by atoms with Gasteiger partial charge in [0.15, 0.2) is 0 Å². The summed E-state index contributed by atoms with van der Waals surface area (Å²) in [5, 5.41) is 0. The first-order valence-electron chi connectivity index (χ1n) is 7.93. The van der Waals surface area contributed by atoms with Gasteiger partial charge in [0.25, 0.3) is 0 Å². The molecule has 0 N–H and O–H groups in total. The van der Waals surface area contributed by atoms with E-state index >= 15 is 0 Å². The largest absolute Gasteiger partial charge is 0.340 e. The van der Waals surface area contributed by atoms with E-state index in [9.17, 15) is 4.79 Å². The first-order chi connectivity index (χ1) is 9.91. The molecule has 1 aromatic heterocycles. The number of aryl methyl sites for hydroxylation is 1. The molecule has 1 aliphatic heterocycles. The smallest absolute Gasteiger partial charge is 0.228 e. The maximum atomic E-state index is 12.2. The fourth-order valence-electron chi connectivity index (χ4n) is 2.76. The van der Waals surface area contributed by atoms with Gasteiger partial charge >= 0.3 is 0 Å². The summed E-state index contributed by atoms with van der Waals surface area (Å²) in [6.45, 7) is 13.8. The third-order valence-corrected chi connectivity index (χ3v) is 4.08. The normalized spacial score (nSPS) is 17.2. The van der Waals surface area contributed by atoms with Gasteiger partial charge in [-0.2, -0.15) is 0 Å². The zero-order chi connectivity index (χ0) is 15.5. The molecule has 1 aromatic rings. The summed E-state index contributed by atoms with van der Waals surface area (Å²) in [5.74, 6) is 1.42. The molecule has 2 heterocycles. The predicted molar refractivity (Wildman–Crippen MR) is 84.1 cm³/mol. The highest BCUT2D eigenvalue weighted by atomic mass is 16.2. The number of piperazine rings is 1. The van der Waals surface area contributed by atoms with Gasteiger partial charge in [-0.3, -0.25) is 9.69 Å². The van der Waals surface area contributed by atoms with E-state index < -0.39 is 0 Å². The maximum Gasteiger partial charge on any atom is 0.228 e. The van der Waals surface area contributed by atoms with Crippen LogP contribution < -0.4 is 0 Å². The molecule has 0 atom stereocenters. The van der Waals surface area contributed by atoms with E-state index in [1.807, 2.05) is 31.9 Å². The minimum absolute atomic E-state index is 0.269. The highest BCUT2D eigenvalue weighted by Crippen LogP contribution is 2.18. The number of hydrogen-bond donors (Lipinski definition) is 0. The topological polar surface area (TPSA) is 41.4 Å². The molecule has 1 aliphatic rings. The molecule has 0 aromatic carbocycles.